The van der Waals surface area contributed by atoms with Gasteiger partial charge in [-0.2, -0.15) is 5.26 Å². The van der Waals surface area contributed by atoms with Crippen LogP contribution in [-0.4, -0.2) is 23.9 Å². The third kappa shape index (κ3) is 2.32. The summed E-state index contributed by atoms with van der Waals surface area (Å²) >= 11 is 0. The van der Waals surface area contributed by atoms with Crippen molar-refractivity contribution >= 4 is 22.5 Å². The molecule has 0 amide bonds. The molecule has 28 heavy (non-hydrogen) atoms. The largest absolute Gasteiger partial charge is 0.381 e. The van der Waals surface area contributed by atoms with Crippen LogP contribution in [-0.2, 0) is 7.05 Å². The van der Waals surface area contributed by atoms with Crippen molar-refractivity contribution in [3.8, 4) is 28.6 Å². The lowest BCUT2D eigenvalue weighted by Gasteiger charge is -2.14. The zero-order valence-corrected chi connectivity index (χ0v) is 15.0. The summed E-state index contributed by atoms with van der Waals surface area (Å²) in [6.07, 6.45) is 5.36. The van der Waals surface area contributed by atoms with Gasteiger partial charge in [-0.05, 0) is 24.3 Å². The van der Waals surface area contributed by atoms with E-state index >= 15 is 0 Å². The minimum Gasteiger partial charge on any atom is -0.381 e. The highest BCUT2D eigenvalue weighted by Gasteiger charge is 2.18. The van der Waals surface area contributed by atoms with Crippen LogP contribution in [0.15, 0.2) is 61.2 Å². The Balaban J connectivity index is 1.87. The Labute approximate surface area is 160 Å². The van der Waals surface area contributed by atoms with Crippen molar-refractivity contribution in [3.63, 3.8) is 0 Å². The highest BCUT2D eigenvalue weighted by atomic mass is 15.1. The van der Waals surface area contributed by atoms with Crippen molar-refractivity contribution in [2.24, 2.45) is 7.05 Å². The van der Waals surface area contributed by atoms with Gasteiger partial charge in [-0.3, -0.25) is 4.40 Å². The van der Waals surface area contributed by atoms with E-state index in [2.05, 4.69) is 27.1 Å². The molecule has 3 aromatic heterocycles. The highest BCUT2D eigenvalue weighted by molar-refractivity contribution is 5.88. The van der Waals surface area contributed by atoms with Crippen molar-refractivity contribution < 1.29 is 0 Å². The first-order valence-corrected chi connectivity index (χ1v) is 8.70. The Morgan fingerprint density at radius 2 is 1.96 bits per heavy atom. The molecule has 5 rings (SSSR count). The smallest absolute Gasteiger partial charge is 0.180 e. The molecule has 0 atom stereocenters. The van der Waals surface area contributed by atoms with Gasteiger partial charge in [0, 0.05) is 30.6 Å². The summed E-state index contributed by atoms with van der Waals surface area (Å²) in [6, 6.07) is 15.6. The zero-order valence-electron chi connectivity index (χ0n) is 15.0. The summed E-state index contributed by atoms with van der Waals surface area (Å²) in [6.45, 7) is 0. The van der Waals surface area contributed by atoms with Gasteiger partial charge in [-0.1, -0.05) is 18.2 Å². The van der Waals surface area contributed by atoms with Crippen LogP contribution in [0.1, 0.15) is 5.56 Å². The molecule has 2 aromatic carbocycles. The first-order valence-electron chi connectivity index (χ1n) is 8.70. The van der Waals surface area contributed by atoms with Crippen molar-refractivity contribution in [2.75, 3.05) is 5.73 Å². The average molecular weight is 365 g/mol. The molecule has 0 aliphatic rings. The second kappa shape index (κ2) is 5.93. The fourth-order valence-electron chi connectivity index (χ4n) is 3.50. The Kier molecular flexibility index (Phi) is 3.39. The topological polar surface area (TPSA) is 97.8 Å². The van der Waals surface area contributed by atoms with E-state index in [-0.39, 0.29) is 0 Å². The third-order valence-corrected chi connectivity index (χ3v) is 4.83. The van der Waals surface area contributed by atoms with Crippen molar-refractivity contribution in [2.45, 2.75) is 0 Å². The molecule has 0 saturated carbocycles. The van der Waals surface area contributed by atoms with Crippen LogP contribution in [0, 0.1) is 11.3 Å². The number of nitrogens with two attached hydrogens (primary N) is 1. The van der Waals surface area contributed by atoms with Crippen LogP contribution in [0.3, 0.4) is 0 Å². The van der Waals surface area contributed by atoms with E-state index in [0.717, 1.165) is 27.9 Å². The van der Waals surface area contributed by atoms with Gasteiger partial charge in [0.2, 0.25) is 0 Å². The molecule has 0 radical (unpaired) electrons. The van der Waals surface area contributed by atoms with Crippen molar-refractivity contribution in [3.05, 3.63) is 66.7 Å². The molecule has 0 aliphatic carbocycles. The first kappa shape index (κ1) is 16.0. The number of nitrogen functional groups attached to an aromatic ring is 1. The van der Waals surface area contributed by atoms with Gasteiger partial charge in [-0.25, -0.2) is 15.0 Å². The number of fused-ring (bicyclic) bond motifs is 2. The van der Waals surface area contributed by atoms with E-state index < -0.39 is 0 Å². The molecule has 0 unspecified atom stereocenters. The Morgan fingerprint density at radius 3 is 2.82 bits per heavy atom. The minimum absolute atomic E-state index is 0.340. The standard InChI is InChI=1S/C21H15N7/c1-27-12-25-16-6-5-15(10-17(16)27)19-18(14-4-2-3-13(9-14)11-22)26-20(23)21-24-7-8-28(19)21/h2-10,12H,1H3,(H2,23,26). The molecule has 0 bridgehead atoms. The lowest BCUT2D eigenvalue weighted by atomic mass is 10.0. The van der Waals surface area contributed by atoms with Crippen LogP contribution in [0.25, 0.3) is 39.2 Å². The van der Waals surface area contributed by atoms with Crippen molar-refractivity contribution in [1.82, 2.24) is 23.9 Å². The normalized spacial score (nSPS) is 11.1. The van der Waals surface area contributed by atoms with Crippen LogP contribution in [0.5, 0.6) is 0 Å². The van der Waals surface area contributed by atoms with E-state index in [0.29, 0.717) is 22.7 Å². The Hall–Kier alpha value is -4.18. The SMILES string of the molecule is Cn1cnc2ccc(-c3c(-c4cccc(C#N)c4)nc(N)c4nccn34)cc21. The Bertz CT molecular complexity index is 1400. The maximum absolute atomic E-state index is 9.29. The lowest BCUT2D eigenvalue weighted by molar-refractivity contribution is 0.947. The van der Waals surface area contributed by atoms with Crippen LogP contribution < -0.4 is 5.73 Å². The molecule has 3 heterocycles. The van der Waals surface area contributed by atoms with Gasteiger partial charge >= 0.3 is 0 Å². The van der Waals surface area contributed by atoms with Crippen LogP contribution in [0.2, 0.25) is 0 Å². The number of anilines is 1. The summed E-state index contributed by atoms with van der Waals surface area (Å²) < 4.78 is 3.92. The average Bonchev–Trinajstić information content (AvgIpc) is 3.35. The summed E-state index contributed by atoms with van der Waals surface area (Å²) in [5.41, 5.74) is 12.6. The molecule has 0 spiro atoms. The van der Waals surface area contributed by atoms with Gasteiger partial charge in [-0.15, -0.1) is 0 Å². The summed E-state index contributed by atoms with van der Waals surface area (Å²) in [7, 11) is 1.96. The van der Waals surface area contributed by atoms with Gasteiger partial charge in [0.05, 0.1) is 40.4 Å². The lowest BCUT2D eigenvalue weighted by Crippen LogP contribution is -2.04. The van der Waals surface area contributed by atoms with E-state index in [1.54, 1.807) is 18.6 Å². The second-order valence-electron chi connectivity index (χ2n) is 6.57. The van der Waals surface area contributed by atoms with Crippen molar-refractivity contribution in [1.29, 1.82) is 5.26 Å². The molecule has 0 saturated heterocycles. The number of nitriles is 1. The number of hydrogen-bond donors (Lipinski definition) is 1. The number of imidazole rings is 2. The number of nitrogens with zero attached hydrogens (tertiary/aromatic N) is 6. The maximum Gasteiger partial charge on any atom is 0.180 e. The van der Waals surface area contributed by atoms with E-state index in [1.165, 1.54) is 0 Å². The van der Waals surface area contributed by atoms with Crippen LogP contribution in [0.4, 0.5) is 5.82 Å². The molecular formula is C21H15N7. The molecule has 0 fully saturated rings. The number of hydrogen-bond acceptors (Lipinski definition) is 5. The third-order valence-electron chi connectivity index (χ3n) is 4.83. The molecule has 7 nitrogen and oxygen atoms in total. The van der Waals surface area contributed by atoms with Gasteiger partial charge in [0.25, 0.3) is 0 Å². The quantitative estimate of drug-likeness (QED) is 0.517. The number of aromatic nitrogens is 5. The van der Waals surface area contributed by atoms with Gasteiger partial charge in [0.15, 0.2) is 11.5 Å². The number of rotatable bonds is 2. The molecule has 2 N–H and O–H groups in total. The zero-order chi connectivity index (χ0) is 19.3. The highest BCUT2D eigenvalue weighted by Crippen LogP contribution is 2.34. The fourth-order valence-corrected chi connectivity index (χ4v) is 3.50. The summed E-state index contributed by atoms with van der Waals surface area (Å²) in [5.74, 6) is 0.340. The molecule has 134 valence electrons. The van der Waals surface area contributed by atoms with E-state index in [1.807, 2.05) is 52.5 Å². The fraction of sp³-hybridized carbons (Fsp3) is 0.0476. The number of benzene rings is 2. The minimum atomic E-state index is 0.340. The summed E-state index contributed by atoms with van der Waals surface area (Å²) in [4.78, 5) is 13.4. The van der Waals surface area contributed by atoms with Gasteiger partial charge < -0.3 is 10.3 Å². The predicted molar refractivity (Wildman–Crippen MR) is 107 cm³/mol. The first-order chi connectivity index (χ1) is 13.7. The van der Waals surface area contributed by atoms with Gasteiger partial charge in [0.1, 0.15) is 0 Å². The molecule has 0 aliphatic heterocycles. The second-order valence-corrected chi connectivity index (χ2v) is 6.57. The molecular weight excluding hydrogens is 350 g/mol. The number of aryl methyl sites for hydroxylation is 1. The summed E-state index contributed by atoms with van der Waals surface area (Å²) in [5, 5.41) is 9.29. The molecule has 5 aromatic rings. The predicted octanol–water partition coefficient (Wildman–Crippen LogP) is 3.40. The van der Waals surface area contributed by atoms with E-state index in [4.69, 9.17) is 5.73 Å². The monoisotopic (exact) mass is 365 g/mol. The molecule has 7 heteroatoms. The Morgan fingerprint density at radius 1 is 1.07 bits per heavy atom. The maximum atomic E-state index is 9.29. The van der Waals surface area contributed by atoms with E-state index in [9.17, 15) is 5.26 Å². The van der Waals surface area contributed by atoms with Crippen LogP contribution >= 0.6 is 0 Å².